The van der Waals surface area contributed by atoms with Crippen LogP contribution in [0.3, 0.4) is 0 Å². The molecule has 1 aliphatic heterocycles. The van der Waals surface area contributed by atoms with Crippen molar-refractivity contribution in [1.82, 2.24) is 14.0 Å². The molecule has 1 aliphatic rings. The van der Waals surface area contributed by atoms with Crippen LogP contribution in [0.15, 0.2) is 48.5 Å². The number of hydrogen-bond donors (Lipinski definition) is 0. The summed E-state index contributed by atoms with van der Waals surface area (Å²) in [6.45, 7) is 4.01. The van der Waals surface area contributed by atoms with Crippen molar-refractivity contribution in [1.29, 1.82) is 0 Å². The minimum Gasteiger partial charge on any atom is -0.347 e. The SMILES string of the molecule is Cc1c(C2=C(c3c(C)n(C)c4ccccc34)C(=O)N(C)C2=O)c2ccccc2n1C. The molecule has 0 fully saturated rings. The Bertz CT molecular complexity index is 1320. The topological polar surface area (TPSA) is 47.2 Å². The van der Waals surface area contributed by atoms with Crippen LogP contribution in [0.5, 0.6) is 0 Å². The van der Waals surface area contributed by atoms with Gasteiger partial charge in [0.15, 0.2) is 0 Å². The van der Waals surface area contributed by atoms with Gasteiger partial charge in [0.05, 0.1) is 11.1 Å². The summed E-state index contributed by atoms with van der Waals surface area (Å²) in [7, 11) is 5.56. The first-order valence-electron chi connectivity index (χ1n) is 10.00. The van der Waals surface area contributed by atoms with Crippen LogP contribution in [0.2, 0.25) is 0 Å². The molecular formula is C25H23N3O2. The van der Waals surface area contributed by atoms with Crippen LogP contribution in [0.25, 0.3) is 33.0 Å². The molecule has 0 N–H and O–H groups in total. The molecule has 0 aliphatic carbocycles. The van der Waals surface area contributed by atoms with E-state index in [9.17, 15) is 9.59 Å². The number of hydrogen-bond acceptors (Lipinski definition) is 2. The minimum absolute atomic E-state index is 0.248. The number of benzene rings is 2. The molecule has 5 nitrogen and oxygen atoms in total. The Labute approximate surface area is 174 Å². The highest BCUT2D eigenvalue weighted by molar-refractivity contribution is 6.50. The third kappa shape index (κ3) is 2.17. The predicted molar refractivity (Wildman–Crippen MR) is 120 cm³/mol. The van der Waals surface area contributed by atoms with Gasteiger partial charge < -0.3 is 9.13 Å². The lowest BCUT2D eigenvalue weighted by Crippen LogP contribution is -2.26. The molecule has 0 saturated carbocycles. The Morgan fingerprint density at radius 1 is 0.600 bits per heavy atom. The van der Waals surface area contributed by atoms with Gasteiger partial charge in [0.25, 0.3) is 11.8 Å². The van der Waals surface area contributed by atoms with Crippen molar-refractivity contribution in [3.63, 3.8) is 0 Å². The number of likely N-dealkylation sites (N-methyl/N-ethyl adjacent to an activating group) is 1. The number of carbonyl (C=O) groups is 2. The predicted octanol–water partition coefficient (Wildman–Crippen LogP) is 4.20. The highest BCUT2D eigenvalue weighted by Gasteiger charge is 2.40. The monoisotopic (exact) mass is 397 g/mol. The summed E-state index contributed by atoms with van der Waals surface area (Å²) in [5.41, 5.74) is 6.71. The number of imide groups is 1. The standard InChI is InChI=1S/C25H23N3O2/c1-14-20(16-10-6-8-12-18(16)26(14)3)22-23(25(30)28(5)24(22)29)21-15(2)27(4)19-13-9-7-11-17(19)21/h6-13H,1-5H3. The molecule has 0 atom stereocenters. The molecular weight excluding hydrogens is 374 g/mol. The van der Waals surface area contributed by atoms with Gasteiger partial charge >= 0.3 is 0 Å². The van der Waals surface area contributed by atoms with Gasteiger partial charge in [-0.3, -0.25) is 14.5 Å². The fourth-order valence-electron chi connectivity index (χ4n) is 4.78. The second-order valence-electron chi connectivity index (χ2n) is 7.99. The van der Waals surface area contributed by atoms with Gasteiger partial charge in [0.2, 0.25) is 0 Å². The summed E-state index contributed by atoms with van der Waals surface area (Å²) in [4.78, 5) is 28.0. The smallest absolute Gasteiger partial charge is 0.262 e. The van der Waals surface area contributed by atoms with Crippen molar-refractivity contribution in [2.45, 2.75) is 13.8 Å². The van der Waals surface area contributed by atoms with Crippen molar-refractivity contribution in [3.8, 4) is 0 Å². The van der Waals surface area contributed by atoms with E-state index in [0.717, 1.165) is 44.3 Å². The zero-order valence-corrected chi connectivity index (χ0v) is 17.8. The van der Waals surface area contributed by atoms with Crippen molar-refractivity contribution >= 4 is 44.8 Å². The van der Waals surface area contributed by atoms with Gasteiger partial charge in [0, 0.05) is 65.5 Å². The largest absolute Gasteiger partial charge is 0.347 e. The molecule has 4 aromatic rings. The van der Waals surface area contributed by atoms with Crippen molar-refractivity contribution in [2.75, 3.05) is 7.05 Å². The summed E-state index contributed by atoms with van der Waals surface area (Å²) in [6, 6.07) is 16.1. The minimum atomic E-state index is -0.248. The van der Waals surface area contributed by atoms with Gasteiger partial charge in [-0.1, -0.05) is 36.4 Å². The van der Waals surface area contributed by atoms with Gasteiger partial charge in [-0.2, -0.15) is 0 Å². The number of para-hydroxylation sites is 2. The molecule has 30 heavy (non-hydrogen) atoms. The quantitative estimate of drug-likeness (QED) is 0.476. The van der Waals surface area contributed by atoms with E-state index >= 15 is 0 Å². The first kappa shape index (κ1) is 18.4. The number of aryl methyl sites for hydroxylation is 2. The van der Waals surface area contributed by atoms with E-state index in [1.54, 1.807) is 7.05 Å². The van der Waals surface area contributed by atoms with E-state index in [1.165, 1.54) is 4.90 Å². The fourth-order valence-corrected chi connectivity index (χ4v) is 4.78. The van der Waals surface area contributed by atoms with Crippen LogP contribution in [0, 0.1) is 13.8 Å². The van der Waals surface area contributed by atoms with Crippen molar-refractivity contribution < 1.29 is 9.59 Å². The Morgan fingerprint density at radius 2 is 0.967 bits per heavy atom. The Kier molecular flexibility index (Phi) is 3.81. The highest BCUT2D eigenvalue weighted by atomic mass is 16.2. The molecule has 0 saturated heterocycles. The van der Waals surface area contributed by atoms with E-state index in [0.29, 0.717) is 11.1 Å². The van der Waals surface area contributed by atoms with Crippen LogP contribution in [-0.4, -0.2) is 32.9 Å². The van der Waals surface area contributed by atoms with E-state index in [1.807, 2.05) is 76.5 Å². The van der Waals surface area contributed by atoms with E-state index in [2.05, 4.69) is 9.13 Å². The van der Waals surface area contributed by atoms with Gasteiger partial charge in [-0.25, -0.2) is 0 Å². The van der Waals surface area contributed by atoms with E-state index in [-0.39, 0.29) is 11.8 Å². The zero-order chi connectivity index (χ0) is 21.3. The second-order valence-corrected chi connectivity index (χ2v) is 7.99. The average Bonchev–Trinajstić information content (AvgIpc) is 3.24. The Morgan fingerprint density at radius 3 is 1.37 bits per heavy atom. The molecule has 3 heterocycles. The third-order valence-electron chi connectivity index (χ3n) is 6.59. The lowest BCUT2D eigenvalue weighted by atomic mass is 9.93. The number of aromatic nitrogens is 2. The summed E-state index contributed by atoms with van der Waals surface area (Å²) < 4.78 is 4.17. The van der Waals surface area contributed by atoms with Crippen LogP contribution < -0.4 is 0 Å². The second kappa shape index (κ2) is 6.20. The Hall–Kier alpha value is -3.60. The third-order valence-corrected chi connectivity index (χ3v) is 6.59. The summed E-state index contributed by atoms with van der Waals surface area (Å²) in [6.07, 6.45) is 0. The number of nitrogens with zero attached hydrogens (tertiary/aromatic N) is 3. The molecule has 0 unspecified atom stereocenters. The molecule has 2 amide bonds. The molecule has 0 bridgehead atoms. The first-order valence-corrected chi connectivity index (χ1v) is 10.00. The molecule has 2 aromatic heterocycles. The molecule has 5 rings (SSSR count). The lowest BCUT2D eigenvalue weighted by molar-refractivity contribution is -0.134. The molecule has 0 radical (unpaired) electrons. The molecule has 2 aromatic carbocycles. The molecule has 150 valence electrons. The number of carbonyl (C=O) groups excluding carboxylic acids is 2. The number of amides is 2. The zero-order valence-electron chi connectivity index (χ0n) is 17.8. The maximum atomic E-state index is 13.4. The summed E-state index contributed by atoms with van der Waals surface area (Å²) in [5, 5.41) is 1.97. The highest BCUT2D eigenvalue weighted by Crippen LogP contribution is 2.43. The van der Waals surface area contributed by atoms with Crippen LogP contribution in [0.4, 0.5) is 0 Å². The van der Waals surface area contributed by atoms with Gasteiger partial charge in [-0.15, -0.1) is 0 Å². The maximum absolute atomic E-state index is 13.4. The fraction of sp³-hybridized carbons (Fsp3) is 0.200. The number of rotatable bonds is 2. The van der Waals surface area contributed by atoms with Crippen molar-refractivity contribution in [3.05, 3.63) is 71.0 Å². The van der Waals surface area contributed by atoms with Crippen LogP contribution >= 0.6 is 0 Å². The van der Waals surface area contributed by atoms with Gasteiger partial charge in [-0.05, 0) is 26.0 Å². The normalized spacial score (nSPS) is 14.8. The van der Waals surface area contributed by atoms with Crippen molar-refractivity contribution in [2.24, 2.45) is 14.1 Å². The lowest BCUT2D eigenvalue weighted by Gasteiger charge is -2.07. The summed E-state index contributed by atoms with van der Waals surface area (Å²) in [5.74, 6) is -0.497. The Balaban J connectivity index is 1.97. The van der Waals surface area contributed by atoms with E-state index < -0.39 is 0 Å². The summed E-state index contributed by atoms with van der Waals surface area (Å²) >= 11 is 0. The van der Waals surface area contributed by atoms with Gasteiger partial charge in [0.1, 0.15) is 0 Å². The van der Waals surface area contributed by atoms with Crippen LogP contribution in [-0.2, 0) is 23.7 Å². The van der Waals surface area contributed by atoms with E-state index in [4.69, 9.17) is 0 Å². The average molecular weight is 397 g/mol. The molecule has 5 heteroatoms. The number of fused-ring (bicyclic) bond motifs is 2. The maximum Gasteiger partial charge on any atom is 0.262 e. The first-order chi connectivity index (χ1) is 14.3. The van der Waals surface area contributed by atoms with Crippen LogP contribution in [0.1, 0.15) is 22.5 Å². The molecule has 0 spiro atoms.